The molecule has 134 valence electrons. The van der Waals surface area contributed by atoms with Crippen LogP contribution in [0.2, 0.25) is 0 Å². The largest absolute Gasteiger partial charge is 0.463 e. The van der Waals surface area contributed by atoms with E-state index in [1.165, 1.54) is 6.92 Å². The first-order valence-electron chi connectivity index (χ1n) is 7.12. The number of carbonyl (C=O) groups excluding carboxylic acids is 3. The van der Waals surface area contributed by atoms with Gasteiger partial charge in [0.1, 0.15) is 25.4 Å². The van der Waals surface area contributed by atoms with Crippen molar-refractivity contribution in [2.24, 2.45) is 0 Å². The third-order valence-electron chi connectivity index (χ3n) is 3.00. The predicted molar refractivity (Wildman–Crippen MR) is 77.2 cm³/mol. The molecule has 0 spiro atoms. The lowest BCUT2D eigenvalue weighted by atomic mass is 9.98. The van der Waals surface area contributed by atoms with Gasteiger partial charge >= 0.3 is 17.9 Å². The first kappa shape index (κ1) is 19.9. The highest BCUT2D eigenvalue weighted by Crippen LogP contribution is 2.27. The predicted octanol–water partition coefficient (Wildman–Crippen LogP) is -0.851. The van der Waals surface area contributed by atoms with Crippen LogP contribution in [0.4, 0.5) is 0 Å². The number of aliphatic hydroxyl groups excluding tert-OH is 1. The lowest BCUT2D eigenvalue weighted by Crippen LogP contribution is -2.61. The molecular weight excluding hydrogens is 324 g/mol. The van der Waals surface area contributed by atoms with Gasteiger partial charge in [0.15, 0.2) is 18.5 Å². The summed E-state index contributed by atoms with van der Waals surface area (Å²) >= 11 is 0. The molecule has 1 aliphatic rings. The van der Waals surface area contributed by atoms with Gasteiger partial charge in [0.05, 0.1) is 0 Å². The maximum Gasteiger partial charge on any atom is 0.303 e. The Bertz CT molecular complexity index is 510. The van der Waals surface area contributed by atoms with Gasteiger partial charge in [0.25, 0.3) is 0 Å². The van der Waals surface area contributed by atoms with Crippen LogP contribution < -0.4 is 0 Å². The van der Waals surface area contributed by atoms with Crippen LogP contribution >= 0.6 is 0 Å². The average Bonchev–Trinajstić information content (AvgIpc) is 2.48. The molecule has 0 amide bonds. The fourth-order valence-electron chi connectivity index (χ4n) is 2.14. The topological polar surface area (TPSA) is 118 Å². The summed E-state index contributed by atoms with van der Waals surface area (Å²) in [5.74, 6) is 0.235. The van der Waals surface area contributed by atoms with Gasteiger partial charge in [-0.2, -0.15) is 0 Å². The Morgan fingerprint density at radius 2 is 1.67 bits per heavy atom. The molecule has 0 aromatic rings. The summed E-state index contributed by atoms with van der Waals surface area (Å²) in [4.78, 5) is 33.6. The third kappa shape index (κ3) is 5.81. The highest BCUT2D eigenvalue weighted by molar-refractivity contribution is 5.67. The number of rotatable bonds is 6. The van der Waals surface area contributed by atoms with Crippen LogP contribution in [0, 0.1) is 12.3 Å². The van der Waals surface area contributed by atoms with E-state index in [9.17, 15) is 19.5 Å². The fraction of sp³-hybridized carbons (Fsp3) is 0.667. The third-order valence-corrected chi connectivity index (χ3v) is 3.00. The van der Waals surface area contributed by atoms with Gasteiger partial charge in [-0.3, -0.25) is 14.4 Å². The van der Waals surface area contributed by atoms with Crippen LogP contribution in [0.5, 0.6) is 0 Å². The van der Waals surface area contributed by atoms with Crippen molar-refractivity contribution < 1.29 is 43.2 Å². The zero-order valence-electron chi connectivity index (χ0n) is 13.6. The molecule has 0 bridgehead atoms. The molecule has 0 saturated carbocycles. The highest BCUT2D eigenvalue weighted by atomic mass is 16.7. The Balaban J connectivity index is 3.02. The van der Waals surface area contributed by atoms with Crippen molar-refractivity contribution in [3.63, 3.8) is 0 Å². The lowest BCUT2D eigenvalue weighted by molar-refractivity contribution is -0.303. The number of ether oxygens (including phenoxy) is 5. The Kier molecular flexibility index (Phi) is 7.64. The maximum absolute atomic E-state index is 11.3. The van der Waals surface area contributed by atoms with E-state index in [-0.39, 0.29) is 13.2 Å². The van der Waals surface area contributed by atoms with Crippen molar-refractivity contribution in [1.82, 2.24) is 0 Å². The normalized spacial score (nSPS) is 29.2. The van der Waals surface area contributed by atoms with Crippen molar-refractivity contribution in [2.45, 2.75) is 51.5 Å². The number of esters is 3. The SMILES string of the molecule is C#CCO[C@@H]1O[C@H](COC(C)=O)[C@@H](O)[C@H](OC(C)=O)[C@H]1OC(C)=O. The Labute approximate surface area is 139 Å². The summed E-state index contributed by atoms with van der Waals surface area (Å²) in [6.07, 6.45) is -1.07. The van der Waals surface area contributed by atoms with E-state index in [2.05, 4.69) is 5.92 Å². The van der Waals surface area contributed by atoms with Gasteiger partial charge in [0, 0.05) is 20.8 Å². The molecule has 1 fully saturated rings. The summed E-state index contributed by atoms with van der Waals surface area (Å²) in [6.45, 7) is 2.97. The number of hydrogen-bond donors (Lipinski definition) is 1. The number of terminal acetylenes is 1. The minimum absolute atomic E-state index is 0.175. The zero-order valence-corrected chi connectivity index (χ0v) is 13.6. The van der Waals surface area contributed by atoms with E-state index in [1.807, 2.05) is 0 Å². The number of hydrogen-bond acceptors (Lipinski definition) is 9. The van der Waals surface area contributed by atoms with Crippen molar-refractivity contribution >= 4 is 17.9 Å². The van der Waals surface area contributed by atoms with Crippen LogP contribution in [-0.2, 0) is 38.1 Å². The molecule has 1 saturated heterocycles. The molecule has 24 heavy (non-hydrogen) atoms. The Hall–Kier alpha value is -2.15. The molecule has 5 atom stereocenters. The first-order chi connectivity index (χ1) is 11.3. The maximum atomic E-state index is 11.3. The Morgan fingerprint density at radius 3 is 2.17 bits per heavy atom. The highest BCUT2D eigenvalue weighted by Gasteiger charge is 2.50. The molecule has 0 unspecified atom stereocenters. The van der Waals surface area contributed by atoms with E-state index in [1.54, 1.807) is 0 Å². The first-order valence-corrected chi connectivity index (χ1v) is 7.12. The Morgan fingerprint density at radius 1 is 1.08 bits per heavy atom. The number of aliphatic hydroxyl groups is 1. The van der Waals surface area contributed by atoms with Crippen molar-refractivity contribution in [3.8, 4) is 12.3 Å². The van der Waals surface area contributed by atoms with Crippen LogP contribution in [0.15, 0.2) is 0 Å². The van der Waals surface area contributed by atoms with E-state index >= 15 is 0 Å². The molecule has 1 aliphatic heterocycles. The summed E-state index contributed by atoms with van der Waals surface area (Å²) in [5.41, 5.74) is 0. The summed E-state index contributed by atoms with van der Waals surface area (Å²) in [6, 6.07) is 0. The molecule has 0 aliphatic carbocycles. The molecular formula is C15H20O9. The monoisotopic (exact) mass is 344 g/mol. The second kappa shape index (κ2) is 9.22. The van der Waals surface area contributed by atoms with Crippen molar-refractivity contribution in [3.05, 3.63) is 0 Å². The smallest absolute Gasteiger partial charge is 0.303 e. The average molecular weight is 344 g/mol. The minimum Gasteiger partial charge on any atom is -0.463 e. The van der Waals surface area contributed by atoms with Crippen molar-refractivity contribution in [2.75, 3.05) is 13.2 Å². The molecule has 9 nitrogen and oxygen atoms in total. The second-order valence-electron chi connectivity index (χ2n) is 5.00. The summed E-state index contributed by atoms with van der Waals surface area (Å²) < 4.78 is 25.6. The van der Waals surface area contributed by atoms with Crippen LogP contribution in [0.3, 0.4) is 0 Å². The van der Waals surface area contributed by atoms with Crippen LogP contribution in [-0.4, -0.2) is 66.9 Å². The van der Waals surface area contributed by atoms with Crippen LogP contribution in [0.1, 0.15) is 20.8 Å². The summed E-state index contributed by atoms with van der Waals surface area (Å²) in [5, 5.41) is 10.3. The van der Waals surface area contributed by atoms with E-state index < -0.39 is 48.6 Å². The van der Waals surface area contributed by atoms with Gasteiger partial charge in [-0.1, -0.05) is 5.92 Å². The van der Waals surface area contributed by atoms with Gasteiger partial charge in [-0.05, 0) is 0 Å². The zero-order chi connectivity index (χ0) is 18.3. The molecule has 1 N–H and O–H groups in total. The fourth-order valence-corrected chi connectivity index (χ4v) is 2.14. The van der Waals surface area contributed by atoms with Crippen LogP contribution in [0.25, 0.3) is 0 Å². The quantitative estimate of drug-likeness (QED) is 0.373. The van der Waals surface area contributed by atoms with E-state index in [4.69, 9.17) is 30.1 Å². The van der Waals surface area contributed by atoms with E-state index in [0.717, 1.165) is 13.8 Å². The molecule has 0 aromatic carbocycles. The van der Waals surface area contributed by atoms with Gasteiger partial charge < -0.3 is 28.8 Å². The molecule has 1 heterocycles. The minimum atomic E-state index is -1.41. The summed E-state index contributed by atoms with van der Waals surface area (Å²) in [7, 11) is 0. The molecule has 0 aromatic heterocycles. The molecule has 9 heteroatoms. The molecule has 1 rings (SSSR count). The standard InChI is InChI=1S/C15H20O9/c1-5-6-20-15-14(23-10(4)18)13(22-9(3)17)12(19)11(24-15)7-21-8(2)16/h1,11-15,19H,6-7H2,2-4H3/t11-,12-,13+,14-,15-/m1/s1. The lowest BCUT2D eigenvalue weighted by Gasteiger charge is -2.42. The van der Waals surface area contributed by atoms with E-state index in [0.29, 0.717) is 0 Å². The van der Waals surface area contributed by atoms with Gasteiger partial charge in [-0.15, -0.1) is 6.42 Å². The second-order valence-corrected chi connectivity index (χ2v) is 5.00. The van der Waals surface area contributed by atoms with Crippen molar-refractivity contribution in [1.29, 1.82) is 0 Å². The molecule has 0 radical (unpaired) electrons. The van der Waals surface area contributed by atoms with Gasteiger partial charge in [0.2, 0.25) is 0 Å². The number of carbonyl (C=O) groups is 3. The van der Waals surface area contributed by atoms with Gasteiger partial charge in [-0.25, -0.2) is 0 Å².